The molecule has 342 valence electrons. The van der Waals surface area contributed by atoms with Crippen molar-refractivity contribution in [3.63, 3.8) is 0 Å². The monoisotopic (exact) mass is 912 g/mol. The Morgan fingerprint density at radius 2 is 1.22 bits per heavy atom. The third kappa shape index (κ3) is 11.8. The molecule has 1 aliphatic rings. The molecule has 0 aliphatic carbocycles. The SMILES string of the molecule is CC(C)c1cc(C(C)C)c(S(=O)(=O)O/N=C(/c2ccc(OCCCOc3ccc(/C4=N/OS(=O)(=O)c5c(C(C)C)cc(C(C)C)cc5C(C)C4)cc3)cc2)C(F)(F)F)c(C(C)C)c1. The van der Waals surface area contributed by atoms with E-state index in [-0.39, 0.29) is 64.3 Å². The van der Waals surface area contributed by atoms with Gasteiger partial charge in [-0.1, -0.05) is 111 Å². The average molecular weight is 913 g/mol. The predicted molar refractivity (Wildman–Crippen MR) is 241 cm³/mol. The largest absolute Gasteiger partial charge is 0.493 e. The molecule has 4 aromatic rings. The van der Waals surface area contributed by atoms with Crippen molar-refractivity contribution in [1.82, 2.24) is 0 Å². The van der Waals surface area contributed by atoms with Crippen LogP contribution in [0.1, 0.15) is 169 Å². The summed E-state index contributed by atoms with van der Waals surface area (Å²) in [6.07, 6.45) is -4.15. The molecule has 1 aliphatic heterocycles. The van der Waals surface area contributed by atoms with Gasteiger partial charge in [0.25, 0.3) is 0 Å². The fourth-order valence-electron chi connectivity index (χ4n) is 7.32. The van der Waals surface area contributed by atoms with Crippen molar-refractivity contribution in [2.45, 2.75) is 140 Å². The minimum atomic E-state index is -5.03. The number of oxime groups is 2. The fourth-order valence-corrected chi connectivity index (χ4v) is 10.1. The lowest BCUT2D eigenvalue weighted by molar-refractivity contribution is -0.0597. The normalized spacial score (nSPS) is 16.7. The topological polar surface area (TPSA) is 130 Å². The van der Waals surface area contributed by atoms with E-state index in [2.05, 4.69) is 24.2 Å². The van der Waals surface area contributed by atoms with Gasteiger partial charge in [0.2, 0.25) is 0 Å². The van der Waals surface area contributed by atoms with Gasteiger partial charge in [-0.3, -0.25) is 8.57 Å². The van der Waals surface area contributed by atoms with Gasteiger partial charge in [0.05, 0.1) is 18.9 Å². The summed E-state index contributed by atoms with van der Waals surface area (Å²) in [4.78, 5) is 0.0375. The van der Waals surface area contributed by atoms with Gasteiger partial charge in [-0.25, -0.2) is 0 Å². The van der Waals surface area contributed by atoms with E-state index in [1.54, 1.807) is 36.4 Å². The average Bonchev–Trinajstić information content (AvgIpc) is 3.20. The highest BCUT2D eigenvalue weighted by molar-refractivity contribution is 7.87. The number of alkyl halides is 3. The van der Waals surface area contributed by atoms with E-state index >= 15 is 0 Å². The number of halogens is 3. The van der Waals surface area contributed by atoms with Crippen molar-refractivity contribution in [3.05, 3.63) is 117 Å². The van der Waals surface area contributed by atoms with Gasteiger partial charge in [0.1, 0.15) is 21.3 Å². The molecule has 5 rings (SSSR count). The number of benzene rings is 4. The third-order valence-corrected chi connectivity index (χ3v) is 13.4. The highest BCUT2D eigenvalue weighted by atomic mass is 32.2. The Hall–Kier alpha value is -4.89. The van der Waals surface area contributed by atoms with Crippen LogP contribution in [0, 0.1) is 0 Å². The van der Waals surface area contributed by atoms with Crippen LogP contribution in [0.2, 0.25) is 0 Å². The number of fused-ring (bicyclic) bond motifs is 1. The zero-order valence-corrected chi connectivity index (χ0v) is 39.5. The highest BCUT2D eigenvalue weighted by Crippen LogP contribution is 2.40. The summed E-state index contributed by atoms with van der Waals surface area (Å²) in [5.74, 6) is 0.441. The molecule has 0 saturated carbocycles. The summed E-state index contributed by atoms with van der Waals surface area (Å²) >= 11 is 0. The molecular formula is C48H59F3N2O8S2. The summed E-state index contributed by atoms with van der Waals surface area (Å²) in [5, 5.41) is 7.32. The Labute approximate surface area is 371 Å². The molecule has 0 saturated heterocycles. The van der Waals surface area contributed by atoms with Gasteiger partial charge in [-0.2, -0.15) is 30.0 Å². The minimum Gasteiger partial charge on any atom is -0.493 e. The molecule has 0 amide bonds. The van der Waals surface area contributed by atoms with E-state index in [0.717, 1.165) is 34.4 Å². The van der Waals surface area contributed by atoms with Crippen LogP contribution in [0.5, 0.6) is 11.5 Å². The number of hydrogen-bond donors (Lipinski definition) is 0. The van der Waals surface area contributed by atoms with Crippen LogP contribution in [0.25, 0.3) is 0 Å². The molecule has 0 N–H and O–H groups in total. The summed E-state index contributed by atoms with van der Waals surface area (Å²) in [6, 6.07) is 19.5. The Balaban J connectivity index is 1.20. The second kappa shape index (κ2) is 19.9. The number of nitrogens with zero attached hydrogens (tertiary/aromatic N) is 2. The summed E-state index contributed by atoms with van der Waals surface area (Å²) in [5.41, 5.74) is 3.59. The summed E-state index contributed by atoms with van der Waals surface area (Å²) < 4.78 is 119. The minimum absolute atomic E-state index is 0.0357. The molecule has 15 heteroatoms. The second-order valence-corrected chi connectivity index (χ2v) is 20.5. The molecule has 0 fully saturated rings. The number of hydrogen-bond acceptors (Lipinski definition) is 10. The Morgan fingerprint density at radius 3 is 1.70 bits per heavy atom. The lowest BCUT2D eigenvalue weighted by Crippen LogP contribution is -2.25. The molecule has 63 heavy (non-hydrogen) atoms. The van der Waals surface area contributed by atoms with Crippen molar-refractivity contribution in [2.24, 2.45) is 10.3 Å². The van der Waals surface area contributed by atoms with Crippen LogP contribution >= 0.6 is 0 Å². The van der Waals surface area contributed by atoms with Crippen molar-refractivity contribution in [3.8, 4) is 11.5 Å². The molecule has 0 spiro atoms. The van der Waals surface area contributed by atoms with Gasteiger partial charge in [-0.15, -0.1) is 0 Å². The molecule has 1 heterocycles. The van der Waals surface area contributed by atoms with E-state index in [1.807, 2.05) is 74.4 Å². The van der Waals surface area contributed by atoms with Crippen molar-refractivity contribution in [1.29, 1.82) is 0 Å². The fraction of sp³-hybridized carbons (Fsp3) is 0.458. The molecule has 0 aromatic heterocycles. The first-order valence-electron chi connectivity index (χ1n) is 21.3. The van der Waals surface area contributed by atoms with E-state index in [4.69, 9.17) is 18.0 Å². The van der Waals surface area contributed by atoms with E-state index in [9.17, 15) is 30.0 Å². The standard InChI is InChI=1S/C48H59F3N2O8S2/c1-28(2)36-24-40(30(5)6)45(41(25-36)31(7)8)62(54,55)61-53-47(48(49,50)51)35-15-19-39(20-16-35)59-22-12-21-58-38-17-13-34(14-18-38)44-23-33(11)43-27-37(29(3)4)26-42(32(9)10)46(43)63(56,57)60-52-44/h13-20,24-33H,12,21-23H2,1-11H3/b52-44+,53-47-. The first-order chi connectivity index (χ1) is 29.4. The van der Waals surface area contributed by atoms with Gasteiger partial charge in [0.15, 0.2) is 5.71 Å². The Kier molecular flexibility index (Phi) is 15.5. The first kappa shape index (κ1) is 49.1. The zero-order chi connectivity index (χ0) is 46.6. The zero-order valence-electron chi connectivity index (χ0n) is 37.8. The number of ether oxygens (including phenoxy) is 2. The van der Waals surface area contributed by atoms with Gasteiger partial charge in [-0.05, 0) is 123 Å². The number of rotatable bonds is 16. The maximum atomic E-state index is 14.3. The lowest BCUT2D eigenvalue weighted by atomic mass is 9.86. The second-order valence-electron chi connectivity index (χ2n) is 17.6. The molecule has 1 unspecified atom stereocenters. The maximum absolute atomic E-state index is 14.3. The van der Waals surface area contributed by atoms with E-state index in [0.29, 0.717) is 41.0 Å². The quantitative estimate of drug-likeness (QED) is 0.0617. The van der Waals surface area contributed by atoms with Crippen molar-refractivity contribution in [2.75, 3.05) is 13.2 Å². The maximum Gasteiger partial charge on any atom is 0.437 e. The van der Waals surface area contributed by atoms with Crippen molar-refractivity contribution < 1.29 is 48.0 Å². The third-order valence-electron chi connectivity index (χ3n) is 10.9. The van der Waals surface area contributed by atoms with Crippen LogP contribution in [0.15, 0.2) is 92.9 Å². The Bertz CT molecular complexity index is 2500. The van der Waals surface area contributed by atoms with E-state index in [1.165, 1.54) is 12.1 Å². The molecule has 10 nitrogen and oxygen atoms in total. The Morgan fingerprint density at radius 1 is 0.746 bits per heavy atom. The summed E-state index contributed by atoms with van der Waals surface area (Å²) in [6.45, 7) is 21.8. The van der Waals surface area contributed by atoms with Gasteiger partial charge in [0, 0.05) is 18.4 Å². The molecule has 4 aromatic carbocycles. The van der Waals surface area contributed by atoms with Crippen molar-refractivity contribution >= 4 is 31.7 Å². The van der Waals surface area contributed by atoms with Gasteiger partial charge >= 0.3 is 26.4 Å². The van der Waals surface area contributed by atoms with Gasteiger partial charge < -0.3 is 9.47 Å². The van der Waals surface area contributed by atoms with Crippen LogP contribution in [-0.4, -0.2) is 47.6 Å². The highest BCUT2D eigenvalue weighted by Gasteiger charge is 2.39. The predicted octanol–water partition coefficient (Wildman–Crippen LogP) is 12.4. The molecular weight excluding hydrogens is 854 g/mol. The summed E-state index contributed by atoms with van der Waals surface area (Å²) in [7, 11) is -8.93. The smallest absolute Gasteiger partial charge is 0.437 e. The lowest BCUT2D eigenvalue weighted by Gasteiger charge is -2.25. The van der Waals surface area contributed by atoms with Crippen LogP contribution < -0.4 is 9.47 Å². The molecule has 0 bridgehead atoms. The molecule has 1 atom stereocenters. The van der Waals surface area contributed by atoms with Crippen LogP contribution in [0.4, 0.5) is 13.2 Å². The molecule has 0 radical (unpaired) electrons. The van der Waals surface area contributed by atoms with Crippen LogP contribution in [-0.2, 0) is 28.8 Å². The van der Waals surface area contributed by atoms with Crippen LogP contribution in [0.3, 0.4) is 0 Å². The first-order valence-corrected chi connectivity index (χ1v) is 24.1. The van der Waals surface area contributed by atoms with E-state index < -0.39 is 37.7 Å².